The van der Waals surface area contributed by atoms with Gasteiger partial charge in [-0.05, 0) is 44.2 Å². The van der Waals surface area contributed by atoms with Crippen LogP contribution in [0.2, 0.25) is 0 Å². The highest BCUT2D eigenvalue weighted by molar-refractivity contribution is 6.05. The molecule has 0 saturated heterocycles. The number of para-hydroxylation sites is 1. The van der Waals surface area contributed by atoms with Crippen molar-refractivity contribution in [3.05, 3.63) is 65.5 Å². The van der Waals surface area contributed by atoms with Crippen molar-refractivity contribution in [3.63, 3.8) is 0 Å². The summed E-state index contributed by atoms with van der Waals surface area (Å²) in [7, 11) is 0. The van der Waals surface area contributed by atoms with E-state index in [4.69, 9.17) is 9.15 Å². The van der Waals surface area contributed by atoms with E-state index >= 15 is 0 Å². The summed E-state index contributed by atoms with van der Waals surface area (Å²) < 4.78 is 52.4. The number of fused-ring (bicyclic) bond motifs is 1. The fourth-order valence-electron chi connectivity index (χ4n) is 3.28. The summed E-state index contributed by atoms with van der Waals surface area (Å²) in [5.74, 6) is -0.263. The minimum Gasteiger partial charge on any atom is -0.463 e. The summed E-state index contributed by atoms with van der Waals surface area (Å²) in [5.41, 5.74) is -0.174. The minimum absolute atomic E-state index is 0.0983. The van der Waals surface area contributed by atoms with Gasteiger partial charge in [-0.25, -0.2) is 14.5 Å². The van der Waals surface area contributed by atoms with Gasteiger partial charge in [0, 0.05) is 0 Å². The highest BCUT2D eigenvalue weighted by atomic mass is 19.4. The van der Waals surface area contributed by atoms with Crippen molar-refractivity contribution in [2.24, 2.45) is 0 Å². The van der Waals surface area contributed by atoms with E-state index in [2.05, 4.69) is 10.1 Å². The molecule has 0 fully saturated rings. The van der Waals surface area contributed by atoms with Crippen molar-refractivity contribution >= 4 is 17.0 Å². The quantitative estimate of drug-likeness (QED) is 0.429. The fourth-order valence-corrected chi connectivity index (χ4v) is 3.28. The van der Waals surface area contributed by atoms with Crippen LogP contribution in [0.5, 0.6) is 0 Å². The molecule has 0 bridgehead atoms. The second kappa shape index (κ2) is 7.33. The van der Waals surface area contributed by atoms with Gasteiger partial charge in [0.15, 0.2) is 11.4 Å². The molecule has 0 unspecified atom stereocenters. The SMILES string of the molecule is CCOC(=O)c1cc(-c2ccco2)nc2c1c(C)nn2-c1ccccc1C(F)(F)F. The molecule has 9 heteroatoms. The number of aryl methyl sites for hydroxylation is 1. The zero-order chi connectivity index (χ0) is 21.5. The number of nitrogens with zero attached hydrogens (tertiary/aromatic N) is 3. The lowest BCUT2D eigenvalue weighted by Crippen LogP contribution is -2.12. The standard InChI is InChI=1S/C21H16F3N3O3/c1-3-29-20(28)13-11-15(17-9-6-10-30-17)25-19-18(13)12(2)26-27(19)16-8-5-4-7-14(16)21(22,23)24/h4-11H,3H2,1-2H3. The van der Waals surface area contributed by atoms with Crippen LogP contribution >= 0.6 is 0 Å². The topological polar surface area (TPSA) is 70.2 Å². The number of hydrogen-bond donors (Lipinski definition) is 0. The summed E-state index contributed by atoms with van der Waals surface area (Å²) in [6.07, 6.45) is -3.15. The van der Waals surface area contributed by atoms with Crippen LogP contribution in [-0.2, 0) is 10.9 Å². The van der Waals surface area contributed by atoms with E-state index in [0.717, 1.165) is 10.7 Å². The van der Waals surface area contributed by atoms with Crippen molar-refractivity contribution in [2.45, 2.75) is 20.0 Å². The van der Waals surface area contributed by atoms with Crippen LogP contribution in [0.15, 0.2) is 53.1 Å². The van der Waals surface area contributed by atoms with E-state index in [1.807, 2.05) is 0 Å². The minimum atomic E-state index is -4.59. The van der Waals surface area contributed by atoms with Crippen LogP contribution in [-0.4, -0.2) is 27.3 Å². The van der Waals surface area contributed by atoms with E-state index in [9.17, 15) is 18.0 Å². The normalized spacial score (nSPS) is 11.8. The Balaban J connectivity index is 2.06. The number of alkyl halides is 3. The Morgan fingerprint density at radius 3 is 2.63 bits per heavy atom. The average molecular weight is 415 g/mol. The van der Waals surface area contributed by atoms with Crippen LogP contribution < -0.4 is 0 Å². The zero-order valence-corrected chi connectivity index (χ0v) is 16.0. The number of hydrogen-bond acceptors (Lipinski definition) is 5. The first-order chi connectivity index (χ1) is 14.3. The Kier molecular flexibility index (Phi) is 4.81. The van der Waals surface area contributed by atoms with Gasteiger partial charge in [-0.1, -0.05) is 12.1 Å². The average Bonchev–Trinajstić information content (AvgIpc) is 3.35. The first-order valence-corrected chi connectivity index (χ1v) is 9.09. The van der Waals surface area contributed by atoms with E-state index in [1.165, 1.54) is 30.5 Å². The van der Waals surface area contributed by atoms with Crippen LogP contribution in [0, 0.1) is 6.92 Å². The zero-order valence-electron chi connectivity index (χ0n) is 16.0. The molecule has 0 N–H and O–H groups in total. The Morgan fingerprint density at radius 2 is 1.97 bits per heavy atom. The monoisotopic (exact) mass is 415 g/mol. The summed E-state index contributed by atoms with van der Waals surface area (Å²) in [6.45, 7) is 3.41. The number of furan rings is 1. The number of halogens is 3. The Labute approximate surface area is 168 Å². The molecule has 0 aliphatic carbocycles. The maximum Gasteiger partial charge on any atom is 0.418 e. The fraction of sp³-hybridized carbons (Fsp3) is 0.190. The largest absolute Gasteiger partial charge is 0.463 e. The molecule has 6 nitrogen and oxygen atoms in total. The molecule has 0 aliphatic heterocycles. The predicted molar refractivity (Wildman–Crippen MR) is 102 cm³/mol. The Bertz CT molecular complexity index is 1230. The Morgan fingerprint density at radius 1 is 1.20 bits per heavy atom. The number of benzene rings is 1. The summed E-state index contributed by atoms with van der Waals surface area (Å²) in [5, 5.41) is 4.60. The lowest BCUT2D eigenvalue weighted by molar-refractivity contribution is -0.137. The number of carbonyl (C=O) groups is 1. The van der Waals surface area contributed by atoms with Gasteiger partial charge >= 0.3 is 12.1 Å². The van der Waals surface area contributed by atoms with E-state index in [-0.39, 0.29) is 29.2 Å². The highest BCUT2D eigenvalue weighted by Crippen LogP contribution is 2.36. The Hall–Kier alpha value is -3.62. The summed E-state index contributed by atoms with van der Waals surface area (Å²) in [6, 6.07) is 9.84. The lowest BCUT2D eigenvalue weighted by atomic mass is 10.1. The van der Waals surface area contributed by atoms with E-state index < -0.39 is 17.7 Å². The highest BCUT2D eigenvalue weighted by Gasteiger charge is 2.35. The van der Waals surface area contributed by atoms with Crippen LogP contribution in [0.4, 0.5) is 13.2 Å². The summed E-state index contributed by atoms with van der Waals surface area (Å²) in [4.78, 5) is 17.1. The van der Waals surface area contributed by atoms with Crippen LogP contribution in [0.3, 0.4) is 0 Å². The molecule has 0 atom stereocenters. The third-order valence-corrected chi connectivity index (χ3v) is 4.52. The molecule has 0 aliphatic rings. The molecule has 0 radical (unpaired) electrons. The van der Waals surface area contributed by atoms with E-state index in [0.29, 0.717) is 16.8 Å². The van der Waals surface area contributed by atoms with Gasteiger partial charge in [0.05, 0.1) is 40.8 Å². The van der Waals surface area contributed by atoms with Crippen LogP contribution in [0.1, 0.15) is 28.5 Å². The summed E-state index contributed by atoms with van der Waals surface area (Å²) >= 11 is 0. The molecular formula is C21H16F3N3O3. The van der Waals surface area contributed by atoms with Crippen LogP contribution in [0.25, 0.3) is 28.2 Å². The first-order valence-electron chi connectivity index (χ1n) is 9.09. The molecule has 4 aromatic rings. The van der Waals surface area contributed by atoms with Crippen molar-refractivity contribution in [3.8, 4) is 17.1 Å². The molecular weight excluding hydrogens is 399 g/mol. The number of carbonyl (C=O) groups excluding carboxylic acids is 1. The van der Waals surface area contributed by atoms with Gasteiger partial charge in [0.2, 0.25) is 0 Å². The molecule has 3 heterocycles. The molecule has 30 heavy (non-hydrogen) atoms. The van der Waals surface area contributed by atoms with E-state index in [1.54, 1.807) is 26.0 Å². The second-order valence-electron chi connectivity index (χ2n) is 6.46. The molecule has 0 saturated carbocycles. The van der Waals surface area contributed by atoms with Crippen molar-refractivity contribution in [2.75, 3.05) is 6.61 Å². The second-order valence-corrected chi connectivity index (χ2v) is 6.46. The maximum atomic E-state index is 13.6. The van der Waals surface area contributed by atoms with Crippen molar-refractivity contribution in [1.29, 1.82) is 0 Å². The predicted octanol–water partition coefficient (Wildman–Crippen LogP) is 5.18. The number of ether oxygens (including phenoxy) is 1. The molecule has 4 rings (SSSR count). The molecule has 3 aromatic heterocycles. The van der Waals surface area contributed by atoms with Gasteiger partial charge < -0.3 is 9.15 Å². The third-order valence-electron chi connectivity index (χ3n) is 4.52. The molecule has 0 amide bonds. The molecule has 0 spiro atoms. The van der Waals surface area contributed by atoms with Crippen molar-refractivity contribution in [1.82, 2.24) is 14.8 Å². The number of rotatable bonds is 4. The van der Waals surface area contributed by atoms with Gasteiger partial charge in [-0.15, -0.1) is 0 Å². The van der Waals surface area contributed by atoms with Gasteiger partial charge in [0.1, 0.15) is 5.69 Å². The first kappa shape index (κ1) is 19.7. The molecule has 1 aromatic carbocycles. The third kappa shape index (κ3) is 3.32. The van der Waals surface area contributed by atoms with Crippen molar-refractivity contribution < 1.29 is 27.1 Å². The number of aromatic nitrogens is 3. The van der Waals surface area contributed by atoms with Gasteiger partial charge in [-0.2, -0.15) is 18.3 Å². The smallest absolute Gasteiger partial charge is 0.418 e. The maximum absolute atomic E-state index is 13.6. The molecule has 154 valence electrons. The van der Waals surface area contributed by atoms with Gasteiger partial charge in [-0.3, -0.25) is 0 Å². The number of pyridine rings is 1. The lowest BCUT2D eigenvalue weighted by Gasteiger charge is -2.13. The number of esters is 1. The van der Waals surface area contributed by atoms with Gasteiger partial charge in [0.25, 0.3) is 0 Å².